The van der Waals surface area contributed by atoms with Gasteiger partial charge in [-0.25, -0.2) is 13.8 Å². The molecule has 2 aliphatic heterocycles. The average Bonchev–Trinajstić information content (AvgIpc) is 3.41. The zero-order chi connectivity index (χ0) is 31.2. The maximum Gasteiger partial charge on any atom is 0.157 e. The Morgan fingerprint density at radius 2 is 1.91 bits per heavy atom. The molecule has 2 aromatic carbocycles. The smallest absolute Gasteiger partial charge is 0.157 e. The number of unbranched alkanes of at least 4 members (excludes halogenated alkanes) is 2. The van der Waals surface area contributed by atoms with Crippen molar-refractivity contribution in [1.29, 1.82) is 0 Å². The molecule has 4 heterocycles. The van der Waals surface area contributed by atoms with Crippen molar-refractivity contribution in [2.24, 2.45) is 4.99 Å². The maximum absolute atomic E-state index is 15.3. The van der Waals surface area contributed by atoms with E-state index >= 15 is 8.78 Å². The number of hydrogen-bond acceptors (Lipinski definition) is 8. The molecular formula is C33H36ClF2N7O2. The fourth-order valence-corrected chi connectivity index (χ4v) is 5.66. The van der Waals surface area contributed by atoms with Crippen LogP contribution in [0.5, 0.6) is 5.75 Å². The van der Waals surface area contributed by atoms with Crippen LogP contribution in [0.1, 0.15) is 37.4 Å². The van der Waals surface area contributed by atoms with Crippen LogP contribution in [0.25, 0.3) is 10.9 Å². The third-order valence-electron chi connectivity index (χ3n) is 7.83. The average molecular weight is 636 g/mol. The standard InChI is InChI=1S/C33H36ClF2N7O2/c1-2-3-6-13-45-23-17-27(35)25(28(36)18-23)21-43-30-8-5-4-7-24(30)32(41-43)33-38-22(20-42-11-14-44-15-12-42)16-31(40-33)39-29-9-10-37-19-26(29)34/h4-5,7-10,16-19,22H,2-3,6,11-15,20-21H2,1H3,(H,37,39)(H,38,40). The fourth-order valence-electron chi connectivity index (χ4n) is 5.49. The first kappa shape index (κ1) is 30.9. The van der Waals surface area contributed by atoms with Crippen molar-refractivity contribution in [1.82, 2.24) is 25.0 Å². The van der Waals surface area contributed by atoms with E-state index in [4.69, 9.17) is 31.2 Å². The van der Waals surface area contributed by atoms with E-state index in [0.717, 1.165) is 49.8 Å². The van der Waals surface area contributed by atoms with Crippen molar-refractivity contribution in [2.75, 3.05) is 44.8 Å². The lowest BCUT2D eigenvalue weighted by molar-refractivity contribution is 0.0362. The van der Waals surface area contributed by atoms with Gasteiger partial charge in [0.15, 0.2) is 5.84 Å². The molecule has 1 unspecified atom stereocenters. The molecule has 236 valence electrons. The molecule has 45 heavy (non-hydrogen) atoms. The summed E-state index contributed by atoms with van der Waals surface area (Å²) in [5.41, 5.74) is 1.88. The Bertz CT molecular complexity index is 1680. The van der Waals surface area contributed by atoms with Crippen LogP contribution in [0, 0.1) is 11.6 Å². The topological polar surface area (TPSA) is 88.8 Å². The van der Waals surface area contributed by atoms with Gasteiger partial charge in [0, 0.05) is 55.1 Å². The Hall–Kier alpha value is -4.06. The minimum atomic E-state index is -0.677. The number of pyridine rings is 1. The van der Waals surface area contributed by atoms with Gasteiger partial charge in [-0.3, -0.25) is 14.6 Å². The van der Waals surface area contributed by atoms with Crippen molar-refractivity contribution in [2.45, 2.75) is 38.8 Å². The first-order valence-corrected chi connectivity index (χ1v) is 15.7. The van der Waals surface area contributed by atoms with Gasteiger partial charge >= 0.3 is 0 Å². The van der Waals surface area contributed by atoms with E-state index in [1.807, 2.05) is 30.3 Å². The molecule has 0 spiro atoms. The molecule has 1 atom stereocenters. The van der Waals surface area contributed by atoms with E-state index in [9.17, 15) is 0 Å². The van der Waals surface area contributed by atoms with Gasteiger partial charge in [0.1, 0.15) is 28.9 Å². The van der Waals surface area contributed by atoms with Crippen molar-refractivity contribution in [3.8, 4) is 5.75 Å². The molecule has 0 saturated carbocycles. The maximum atomic E-state index is 15.3. The molecule has 4 aromatic rings. The number of amidine groups is 1. The van der Waals surface area contributed by atoms with Crippen LogP contribution in [-0.2, 0) is 11.3 Å². The van der Waals surface area contributed by atoms with Crippen LogP contribution in [0.2, 0.25) is 5.02 Å². The number of halogens is 3. The molecule has 0 amide bonds. The second kappa shape index (κ2) is 14.4. The van der Waals surface area contributed by atoms with Crippen LogP contribution in [-0.4, -0.2) is 71.0 Å². The van der Waals surface area contributed by atoms with Gasteiger partial charge in [-0.1, -0.05) is 49.6 Å². The van der Waals surface area contributed by atoms with E-state index in [0.29, 0.717) is 47.9 Å². The number of fused-ring (bicyclic) bond motifs is 1. The number of rotatable bonds is 12. The molecule has 0 aliphatic carbocycles. The lowest BCUT2D eigenvalue weighted by Gasteiger charge is -2.31. The summed E-state index contributed by atoms with van der Waals surface area (Å²) >= 11 is 6.40. The zero-order valence-corrected chi connectivity index (χ0v) is 25.9. The summed E-state index contributed by atoms with van der Waals surface area (Å²) in [6.07, 6.45) is 8.11. The summed E-state index contributed by atoms with van der Waals surface area (Å²) in [4.78, 5) is 11.3. The summed E-state index contributed by atoms with van der Waals surface area (Å²) in [5, 5.41) is 13.0. The Morgan fingerprint density at radius 3 is 2.69 bits per heavy atom. The SMILES string of the molecule is CCCCCOc1cc(F)c(Cn2nc(C3=NC(Nc4ccncc4Cl)=CC(CN4CCOCC4)N3)c3ccccc32)c(F)c1. The predicted molar refractivity (Wildman–Crippen MR) is 172 cm³/mol. The monoisotopic (exact) mass is 635 g/mol. The van der Waals surface area contributed by atoms with Crippen molar-refractivity contribution >= 4 is 34.0 Å². The largest absolute Gasteiger partial charge is 0.493 e. The summed E-state index contributed by atoms with van der Waals surface area (Å²) in [5.74, 6) is -0.0347. The fraction of sp³-hybridized carbons (Fsp3) is 0.364. The minimum Gasteiger partial charge on any atom is -0.493 e. The van der Waals surface area contributed by atoms with Crippen molar-refractivity contribution in [3.05, 3.63) is 94.7 Å². The highest BCUT2D eigenvalue weighted by Gasteiger charge is 2.25. The first-order valence-electron chi connectivity index (χ1n) is 15.3. The van der Waals surface area contributed by atoms with Gasteiger partial charge in [-0.15, -0.1) is 0 Å². The second-order valence-electron chi connectivity index (χ2n) is 11.1. The normalized spacial score (nSPS) is 17.1. The Balaban J connectivity index is 1.31. The highest BCUT2D eigenvalue weighted by Crippen LogP contribution is 2.27. The number of aliphatic imine (C=N–C) groups is 1. The molecule has 0 bridgehead atoms. The van der Waals surface area contributed by atoms with E-state index in [-0.39, 0.29) is 23.9 Å². The molecular weight excluding hydrogens is 600 g/mol. The Labute approximate surface area is 265 Å². The van der Waals surface area contributed by atoms with Crippen LogP contribution in [0.3, 0.4) is 0 Å². The quantitative estimate of drug-likeness (QED) is 0.185. The third-order valence-corrected chi connectivity index (χ3v) is 8.13. The molecule has 2 aromatic heterocycles. The van der Waals surface area contributed by atoms with E-state index < -0.39 is 11.6 Å². The number of aromatic nitrogens is 3. The number of para-hydroxylation sites is 1. The first-order chi connectivity index (χ1) is 22.0. The summed E-state index contributed by atoms with van der Waals surface area (Å²) in [6.45, 7) is 6.14. The number of morpholine rings is 1. The molecule has 1 saturated heterocycles. The lowest BCUT2D eigenvalue weighted by atomic mass is 10.1. The van der Waals surface area contributed by atoms with Crippen LogP contribution in [0.15, 0.2) is 71.7 Å². The molecule has 1 fully saturated rings. The van der Waals surface area contributed by atoms with Crippen LogP contribution < -0.4 is 15.4 Å². The Morgan fingerprint density at radius 1 is 1.11 bits per heavy atom. The Kier molecular flexibility index (Phi) is 9.88. The number of benzene rings is 2. The third kappa shape index (κ3) is 7.43. The molecule has 6 rings (SSSR count). The lowest BCUT2D eigenvalue weighted by Crippen LogP contribution is -2.48. The van der Waals surface area contributed by atoms with Gasteiger partial charge in [0.2, 0.25) is 0 Å². The molecule has 2 N–H and O–H groups in total. The van der Waals surface area contributed by atoms with E-state index in [1.165, 1.54) is 12.1 Å². The highest BCUT2D eigenvalue weighted by molar-refractivity contribution is 6.33. The van der Waals surface area contributed by atoms with E-state index in [2.05, 4.69) is 27.4 Å². The molecule has 0 radical (unpaired) electrons. The highest BCUT2D eigenvalue weighted by atomic mass is 35.5. The van der Waals surface area contributed by atoms with Crippen molar-refractivity contribution < 1.29 is 18.3 Å². The summed E-state index contributed by atoms with van der Waals surface area (Å²) in [7, 11) is 0. The minimum absolute atomic E-state index is 0.0889. The predicted octanol–water partition coefficient (Wildman–Crippen LogP) is 5.98. The van der Waals surface area contributed by atoms with Gasteiger partial charge < -0.3 is 20.1 Å². The van der Waals surface area contributed by atoms with Gasteiger partial charge in [0.25, 0.3) is 0 Å². The van der Waals surface area contributed by atoms with Gasteiger partial charge in [0.05, 0.1) is 48.6 Å². The van der Waals surface area contributed by atoms with E-state index in [1.54, 1.807) is 23.1 Å². The number of hydrogen-bond donors (Lipinski definition) is 2. The van der Waals surface area contributed by atoms with Crippen LogP contribution in [0.4, 0.5) is 14.5 Å². The summed E-state index contributed by atoms with van der Waals surface area (Å²) < 4.78 is 43.3. The number of nitrogens with one attached hydrogen (secondary N) is 2. The molecule has 9 nitrogen and oxygen atoms in total. The van der Waals surface area contributed by atoms with Gasteiger partial charge in [-0.05, 0) is 24.6 Å². The number of nitrogens with zero attached hydrogens (tertiary/aromatic N) is 5. The molecule has 2 aliphatic rings. The number of ether oxygens (including phenoxy) is 2. The van der Waals surface area contributed by atoms with Crippen molar-refractivity contribution in [3.63, 3.8) is 0 Å². The van der Waals surface area contributed by atoms with Gasteiger partial charge in [-0.2, -0.15) is 5.10 Å². The number of anilines is 1. The summed E-state index contributed by atoms with van der Waals surface area (Å²) in [6, 6.07) is 11.8. The molecule has 12 heteroatoms. The van der Waals surface area contributed by atoms with Crippen LogP contribution >= 0.6 is 11.6 Å². The second-order valence-corrected chi connectivity index (χ2v) is 11.5. The zero-order valence-electron chi connectivity index (χ0n) is 25.1.